The molecule has 2 aromatic rings. The predicted molar refractivity (Wildman–Crippen MR) is 146 cm³/mol. The summed E-state index contributed by atoms with van der Waals surface area (Å²) in [6.07, 6.45) is 7.06. The molecule has 2 aromatic carbocycles. The molecule has 1 fully saturated rings. The summed E-state index contributed by atoms with van der Waals surface area (Å²) in [6.45, 7) is 15.8. The van der Waals surface area contributed by atoms with Crippen LogP contribution in [0.3, 0.4) is 0 Å². The molecule has 0 spiro atoms. The van der Waals surface area contributed by atoms with Crippen molar-refractivity contribution < 1.29 is 14.3 Å². The molecular weight excluding hydrogens is 446 g/mol. The molecule has 0 amide bonds. The van der Waals surface area contributed by atoms with Crippen LogP contribution in [0.5, 0.6) is 5.75 Å². The minimum Gasteiger partial charge on any atom is -0.488 e. The van der Waals surface area contributed by atoms with Gasteiger partial charge in [-0.1, -0.05) is 78.6 Å². The molecule has 1 aliphatic carbocycles. The third kappa shape index (κ3) is 6.38. The Morgan fingerprint density at radius 1 is 1.06 bits per heavy atom. The van der Waals surface area contributed by atoms with Gasteiger partial charge in [0.05, 0.1) is 18.1 Å². The van der Waals surface area contributed by atoms with Gasteiger partial charge in [-0.15, -0.1) is 0 Å². The Hall–Kier alpha value is -3.06. The molecule has 0 atom stereocenters. The number of hydrogen-bond donors (Lipinski definition) is 0. The van der Waals surface area contributed by atoms with Crippen molar-refractivity contribution in [2.24, 2.45) is 0 Å². The summed E-state index contributed by atoms with van der Waals surface area (Å²) in [4.78, 5) is 11.7. The van der Waals surface area contributed by atoms with Crippen LogP contribution in [0.1, 0.15) is 102 Å². The van der Waals surface area contributed by atoms with Gasteiger partial charge in [-0.05, 0) is 65.5 Å². The van der Waals surface area contributed by atoms with Gasteiger partial charge in [-0.3, -0.25) is 0 Å². The molecule has 0 heterocycles. The quantitative estimate of drug-likeness (QED) is 0.296. The number of nitrogens with zero attached hydrogens (tertiary/aromatic N) is 1. The minimum atomic E-state index is -0.513. The maximum absolute atomic E-state index is 11.7. The van der Waals surface area contributed by atoms with Crippen molar-refractivity contribution in [2.45, 2.75) is 97.0 Å². The van der Waals surface area contributed by atoms with E-state index in [1.807, 2.05) is 24.3 Å². The van der Waals surface area contributed by atoms with Gasteiger partial charge in [0.15, 0.2) is 0 Å². The Morgan fingerprint density at radius 3 is 2.33 bits per heavy atom. The Labute approximate surface area is 217 Å². The van der Waals surface area contributed by atoms with Gasteiger partial charge in [0.1, 0.15) is 12.4 Å². The molecule has 3 rings (SSSR count). The second kappa shape index (κ2) is 10.9. The van der Waals surface area contributed by atoms with E-state index in [9.17, 15) is 10.1 Å². The molecule has 4 nitrogen and oxygen atoms in total. The number of rotatable bonds is 7. The number of hydrogen-bond acceptors (Lipinski definition) is 4. The lowest BCUT2D eigenvalue weighted by Gasteiger charge is -2.33. The lowest BCUT2D eigenvalue weighted by Crippen LogP contribution is -2.26. The summed E-state index contributed by atoms with van der Waals surface area (Å²) in [5.74, 6) is 0.502. The van der Waals surface area contributed by atoms with Gasteiger partial charge < -0.3 is 9.47 Å². The first-order valence-electron chi connectivity index (χ1n) is 13.1. The first kappa shape index (κ1) is 27.5. The van der Waals surface area contributed by atoms with Crippen molar-refractivity contribution in [1.29, 1.82) is 5.26 Å². The smallest absolute Gasteiger partial charge is 0.330 e. The van der Waals surface area contributed by atoms with Crippen LogP contribution in [0, 0.1) is 11.3 Å². The van der Waals surface area contributed by atoms with E-state index in [4.69, 9.17) is 9.47 Å². The van der Waals surface area contributed by atoms with E-state index >= 15 is 0 Å². The maximum Gasteiger partial charge on any atom is 0.330 e. The summed E-state index contributed by atoms with van der Waals surface area (Å²) >= 11 is 0. The fraction of sp³-hybridized carbons (Fsp3) is 0.500. The van der Waals surface area contributed by atoms with Crippen LogP contribution >= 0.6 is 0 Å². The van der Waals surface area contributed by atoms with E-state index in [0.29, 0.717) is 13.2 Å². The van der Waals surface area contributed by atoms with E-state index in [0.717, 1.165) is 53.7 Å². The van der Waals surface area contributed by atoms with Crippen molar-refractivity contribution in [1.82, 2.24) is 0 Å². The van der Waals surface area contributed by atoms with Crippen LogP contribution in [0.15, 0.2) is 42.5 Å². The molecule has 1 aliphatic rings. The van der Waals surface area contributed by atoms with Crippen LogP contribution in [-0.4, -0.2) is 12.6 Å². The molecule has 0 N–H and O–H groups in total. The topological polar surface area (TPSA) is 59.3 Å². The van der Waals surface area contributed by atoms with Gasteiger partial charge in [0.25, 0.3) is 0 Å². The number of carbonyl (C=O) groups excluding carboxylic acids is 1. The van der Waals surface area contributed by atoms with Crippen molar-refractivity contribution in [3.05, 3.63) is 70.3 Å². The first-order valence-corrected chi connectivity index (χ1v) is 13.1. The summed E-state index contributed by atoms with van der Waals surface area (Å²) in [6, 6.07) is 15.2. The van der Waals surface area contributed by atoms with Gasteiger partial charge in [-0.2, -0.15) is 5.26 Å². The lowest BCUT2D eigenvalue weighted by molar-refractivity contribution is -0.137. The molecule has 0 unspecified atom stereocenters. The number of ether oxygens (including phenoxy) is 2. The normalized spacial score (nSPS) is 15.6. The highest BCUT2D eigenvalue weighted by Crippen LogP contribution is 2.49. The first-order chi connectivity index (χ1) is 16.9. The van der Waals surface area contributed by atoms with Crippen LogP contribution < -0.4 is 4.74 Å². The third-order valence-electron chi connectivity index (χ3n) is 6.98. The zero-order valence-corrected chi connectivity index (χ0v) is 23.0. The summed E-state index contributed by atoms with van der Waals surface area (Å²) in [7, 11) is 0. The van der Waals surface area contributed by atoms with Gasteiger partial charge in [0, 0.05) is 17.2 Å². The zero-order chi connectivity index (χ0) is 26.6. The zero-order valence-electron chi connectivity index (χ0n) is 23.0. The Bertz CT molecular complexity index is 1150. The van der Waals surface area contributed by atoms with E-state index in [1.54, 1.807) is 13.0 Å². The number of nitriles is 1. The molecule has 1 saturated carbocycles. The number of carbonyl (C=O) groups is 1. The lowest BCUT2D eigenvalue weighted by atomic mass is 9.72. The molecule has 0 radical (unpaired) electrons. The second-order valence-electron chi connectivity index (χ2n) is 11.9. The van der Waals surface area contributed by atoms with E-state index in [2.05, 4.69) is 59.7 Å². The van der Waals surface area contributed by atoms with E-state index in [1.165, 1.54) is 11.6 Å². The number of esters is 1. The Kier molecular flexibility index (Phi) is 8.34. The SMILES string of the molecule is CCOC(=O)/C=C/c1cccc(COc2c(C(C)(C)C)cc(C(C)(C)C)cc2C2(C#N)CCCC2)c1. The molecule has 0 saturated heterocycles. The van der Waals surface area contributed by atoms with Crippen molar-refractivity contribution in [3.63, 3.8) is 0 Å². The van der Waals surface area contributed by atoms with E-state index in [-0.39, 0.29) is 16.8 Å². The van der Waals surface area contributed by atoms with Crippen LogP contribution in [0.4, 0.5) is 0 Å². The summed E-state index contributed by atoms with van der Waals surface area (Å²) < 4.78 is 11.6. The van der Waals surface area contributed by atoms with Gasteiger partial charge in [0.2, 0.25) is 0 Å². The molecule has 0 aromatic heterocycles. The average molecular weight is 488 g/mol. The monoisotopic (exact) mass is 487 g/mol. The van der Waals surface area contributed by atoms with Crippen LogP contribution in [-0.2, 0) is 32.4 Å². The van der Waals surface area contributed by atoms with Crippen LogP contribution in [0.25, 0.3) is 6.08 Å². The molecule has 0 aliphatic heterocycles. The van der Waals surface area contributed by atoms with Gasteiger partial charge in [-0.25, -0.2) is 4.79 Å². The van der Waals surface area contributed by atoms with Gasteiger partial charge >= 0.3 is 5.97 Å². The Morgan fingerprint density at radius 2 is 1.75 bits per heavy atom. The minimum absolute atomic E-state index is 0.0396. The van der Waals surface area contributed by atoms with Crippen molar-refractivity contribution >= 4 is 12.0 Å². The fourth-order valence-electron chi connectivity index (χ4n) is 4.85. The molecule has 0 bridgehead atoms. The highest BCUT2D eigenvalue weighted by atomic mass is 16.5. The van der Waals surface area contributed by atoms with Crippen LogP contribution in [0.2, 0.25) is 0 Å². The second-order valence-corrected chi connectivity index (χ2v) is 11.9. The molecule has 4 heteroatoms. The molecule has 36 heavy (non-hydrogen) atoms. The maximum atomic E-state index is 11.7. The summed E-state index contributed by atoms with van der Waals surface area (Å²) in [5, 5.41) is 10.4. The standard InChI is InChI=1S/C32H41NO3/c1-8-35-28(34)15-14-23-12-11-13-24(18-23)21-36-29-26(31(5,6)7)19-25(30(2,3)4)20-27(29)32(22-33)16-9-10-17-32/h11-15,18-20H,8-10,16-17,21H2,1-7H3/b15-14+. The van der Waals surface area contributed by atoms with Crippen molar-refractivity contribution in [2.75, 3.05) is 6.61 Å². The van der Waals surface area contributed by atoms with E-state index < -0.39 is 5.41 Å². The molecule has 192 valence electrons. The molecular formula is C32H41NO3. The third-order valence-corrected chi connectivity index (χ3v) is 6.98. The number of benzene rings is 2. The largest absolute Gasteiger partial charge is 0.488 e. The Balaban J connectivity index is 2.04. The highest BCUT2D eigenvalue weighted by molar-refractivity contribution is 5.87. The highest BCUT2D eigenvalue weighted by Gasteiger charge is 2.41. The average Bonchev–Trinajstić information content (AvgIpc) is 3.30. The predicted octanol–water partition coefficient (Wildman–Crippen LogP) is 7.77. The fourth-order valence-corrected chi connectivity index (χ4v) is 4.85. The van der Waals surface area contributed by atoms with Crippen molar-refractivity contribution in [3.8, 4) is 11.8 Å². The summed E-state index contributed by atoms with van der Waals surface area (Å²) in [5.41, 5.74) is 4.63.